The van der Waals surface area contributed by atoms with Gasteiger partial charge in [0.1, 0.15) is 10.7 Å². The number of pyridine rings is 1. The lowest BCUT2D eigenvalue weighted by molar-refractivity contribution is 0.584. The van der Waals surface area contributed by atoms with Gasteiger partial charge in [0, 0.05) is 0 Å². The summed E-state index contributed by atoms with van der Waals surface area (Å²) >= 11 is 11.6. The molecule has 0 unspecified atom stereocenters. The van der Waals surface area contributed by atoms with Crippen molar-refractivity contribution in [3.63, 3.8) is 0 Å². The Bertz CT molecular complexity index is 768. The predicted molar refractivity (Wildman–Crippen MR) is 75.9 cm³/mol. The number of rotatable bonds is 3. The van der Waals surface area contributed by atoms with Crippen molar-refractivity contribution in [1.29, 1.82) is 0 Å². The van der Waals surface area contributed by atoms with Crippen molar-refractivity contribution in [3.05, 3.63) is 46.3 Å². The molecule has 2 rings (SSSR count). The number of nitrogens with one attached hydrogen (secondary N) is 1. The van der Waals surface area contributed by atoms with Crippen LogP contribution in [0.4, 0.5) is 15.9 Å². The number of anilines is 2. The largest absolute Gasteiger partial charge is 0.396 e. The van der Waals surface area contributed by atoms with E-state index in [0.29, 0.717) is 0 Å². The summed E-state index contributed by atoms with van der Waals surface area (Å²) in [6.45, 7) is 0. The van der Waals surface area contributed by atoms with E-state index in [9.17, 15) is 12.8 Å². The maximum absolute atomic E-state index is 12.9. The van der Waals surface area contributed by atoms with Crippen LogP contribution in [0.3, 0.4) is 0 Å². The molecule has 5 nitrogen and oxygen atoms in total. The number of nitrogens with zero attached hydrogens (tertiary/aromatic N) is 1. The number of nitrogen functional groups attached to an aromatic ring is 1. The van der Waals surface area contributed by atoms with Gasteiger partial charge in [0.15, 0.2) is 0 Å². The molecule has 0 saturated carbocycles. The lowest BCUT2D eigenvalue weighted by atomic mass is 10.3. The lowest BCUT2D eigenvalue weighted by Crippen LogP contribution is -2.15. The third-order valence-electron chi connectivity index (χ3n) is 2.33. The van der Waals surface area contributed by atoms with Crippen molar-refractivity contribution in [1.82, 2.24) is 4.98 Å². The normalized spacial score (nSPS) is 11.3. The number of halogens is 3. The van der Waals surface area contributed by atoms with Gasteiger partial charge in [-0.15, -0.1) is 0 Å². The summed E-state index contributed by atoms with van der Waals surface area (Å²) in [7, 11) is -4.05. The van der Waals surface area contributed by atoms with E-state index in [2.05, 4.69) is 9.71 Å². The molecule has 3 N–H and O–H groups in total. The van der Waals surface area contributed by atoms with Gasteiger partial charge in [0.05, 0.1) is 15.7 Å². The van der Waals surface area contributed by atoms with Crippen molar-refractivity contribution in [2.24, 2.45) is 0 Å². The van der Waals surface area contributed by atoms with Crippen LogP contribution in [0.5, 0.6) is 0 Å². The second-order valence-electron chi connectivity index (χ2n) is 3.72. The van der Waals surface area contributed by atoms with E-state index in [1.54, 1.807) is 0 Å². The van der Waals surface area contributed by atoms with E-state index in [-0.39, 0.29) is 26.4 Å². The fourth-order valence-electron chi connectivity index (χ4n) is 1.41. The van der Waals surface area contributed by atoms with Crippen molar-refractivity contribution >= 4 is 44.7 Å². The fraction of sp³-hybridized carbons (Fsp3) is 0. The molecule has 0 aliphatic heterocycles. The van der Waals surface area contributed by atoms with Gasteiger partial charge in [-0.05, 0) is 24.3 Å². The summed E-state index contributed by atoms with van der Waals surface area (Å²) in [5.41, 5.74) is 5.51. The van der Waals surface area contributed by atoms with Gasteiger partial charge in [0.2, 0.25) is 5.95 Å². The number of hydrogen-bond donors (Lipinski definition) is 2. The second kappa shape index (κ2) is 5.43. The molecule has 0 bridgehead atoms. The van der Waals surface area contributed by atoms with E-state index >= 15 is 0 Å². The molecule has 1 heterocycles. The average molecular weight is 336 g/mol. The van der Waals surface area contributed by atoms with Crippen molar-refractivity contribution in [2.45, 2.75) is 4.90 Å². The molecule has 0 amide bonds. The van der Waals surface area contributed by atoms with Crippen LogP contribution in [0.2, 0.25) is 10.0 Å². The SMILES string of the molecule is Nc1c(Cl)ccc(S(=O)(=O)Nc2cccc(F)n2)c1Cl. The Morgan fingerprint density at radius 3 is 2.55 bits per heavy atom. The minimum atomic E-state index is -4.05. The zero-order chi connectivity index (χ0) is 14.9. The molecule has 2 aromatic rings. The minimum Gasteiger partial charge on any atom is -0.396 e. The van der Waals surface area contributed by atoms with Gasteiger partial charge in [-0.25, -0.2) is 13.4 Å². The molecule has 1 aromatic heterocycles. The molecule has 0 aliphatic carbocycles. The Kier molecular flexibility index (Phi) is 4.03. The summed E-state index contributed by atoms with van der Waals surface area (Å²) < 4.78 is 39.3. The molecule has 0 spiro atoms. The lowest BCUT2D eigenvalue weighted by Gasteiger charge is -2.10. The first-order chi connectivity index (χ1) is 9.31. The van der Waals surface area contributed by atoms with E-state index in [4.69, 9.17) is 28.9 Å². The Hall–Kier alpha value is -1.57. The monoisotopic (exact) mass is 335 g/mol. The van der Waals surface area contributed by atoms with Crippen molar-refractivity contribution < 1.29 is 12.8 Å². The van der Waals surface area contributed by atoms with Crippen LogP contribution < -0.4 is 10.5 Å². The Morgan fingerprint density at radius 1 is 1.20 bits per heavy atom. The Balaban J connectivity index is 2.44. The zero-order valence-corrected chi connectivity index (χ0v) is 12.1. The highest BCUT2D eigenvalue weighted by Crippen LogP contribution is 2.33. The van der Waals surface area contributed by atoms with Crippen molar-refractivity contribution in [3.8, 4) is 0 Å². The van der Waals surface area contributed by atoms with E-state index in [1.165, 1.54) is 24.3 Å². The minimum absolute atomic E-state index is 0.0524. The number of aromatic nitrogens is 1. The number of sulfonamides is 1. The quantitative estimate of drug-likeness (QED) is 0.667. The van der Waals surface area contributed by atoms with Crippen LogP contribution in [0.25, 0.3) is 0 Å². The summed E-state index contributed by atoms with van der Waals surface area (Å²) in [6, 6.07) is 6.20. The van der Waals surface area contributed by atoms with Crippen LogP contribution in [-0.4, -0.2) is 13.4 Å². The third kappa shape index (κ3) is 2.95. The average Bonchev–Trinajstić information content (AvgIpc) is 2.35. The summed E-state index contributed by atoms with van der Waals surface area (Å²) in [5.74, 6) is -0.985. The number of hydrogen-bond acceptors (Lipinski definition) is 4. The maximum Gasteiger partial charge on any atom is 0.264 e. The molecule has 0 radical (unpaired) electrons. The first-order valence-electron chi connectivity index (χ1n) is 5.20. The molecule has 0 fully saturated rings. The molecule has 0 saturated heterocycles. The van der Waals surface area contributed by atoms with E-state index in [1.807, 2.05) is 0 Å². The zero-order valence-electron chi connectivity index (χ0n) is 9.77. The van der Waals surface area contributed by atoms with Crippen LogP contribution in [0.15, 0.2) is 35.2 Å². The third-order valence-corrected chi connectivity index (χ3v) is 4.58. The molecular formula is C11H8Cl2FN3O2S. The van der Waals surface area contributed by atoms with Crippen LogP contribution in [-0.2, 0) is 10.0 Å². The van der Waals surface area contributed by atoms with Gasteiger partial charge in [0.25, 0.3) is 10.0 Å². The van der Waals surface area contributed by atoms with Gasteiger partial charge >= 0.3 is 0 Å². The van der Waals surface area contributed by atoms with Crippen molar-refractivity contribution in [2.75, 3.05) is 10.5 Å². The standard InChI is InChI=1S/C11H8Cl2FN3O2S/c12-6-4-5-7(10(13)11(6)15)20(18,19)17-9-3-1-2-8(14)16-9/h1-5H,15H2,(H,16,17). The van der Waals surface area contributed by atoms with E-state index < -0.39 is 16.0 Å². The van der Waals surface area contributed by atoms with Crippen LogP contribution in [0, 0.1) is 5.95 Å². The molecule has 9 heteroatoms. The molecular weight excluding hydrogens is 328 g/mol. The predicted octanol–water partition coefficient (Wildman–Crippen LogP) is 2.91. The highest BCUT2D eigenvalue weighted by atomic mass is 35.5. The van der Waals surface area contributed by atoms with Gasteiger partial charge in [-0.3, -0.25) is 4.72 Å². The Labute approximate surface area is 124 Å². The first-order valence-corrected chi connectivity index (χ1v) is 7.44. The number of nitrogens with two attached hydrogens (primary N) is 1. The number of benzene rings is 1. The summed E-state index contributed by atoms with van der Waals surface area (Å²) in [4.78, 5) is 3.13. The molecule has 0 aliphatic rings. The molecule has 0 atom stereocenters. The molecule has 1 aromatic carbocycles. The molecule has 20 heavy (non-hydrogen) atoms. The fourth-order valence-corrected chi connectivity index (χ4v) is 3.18. The Morgan fingerprint density at radius 2 is 1.90 bits per heavy atom. The highest BCUT2D eigenvalue weighted by Gasteiger charge is 2.21. The van der Waals surface area contributed by atoms with Gasteiger partial charge in [-0.1, -0.05) is 29.3 Å². The topological polar surface area (TPSA) is 85.1 Å². The smallest absolute Gasteiger partial charge is 0.264 e. The van der Waals surface area contributed by atoms with Gasteiger partial charge < -0.3 is 5.73 Å². The maximum atomic E-state index is 12.9. The first kappa shape index (κ1) is 14.8. The summed E-state index contributed by atoms with van der Waals surface area (Å²) in [5, 5.41) is -0.0702. The van der Waals surface area contributed by atoms with Crippen LogP contribution in [0.1, 0.15) is 0 Å². The van der Waals surface area contributed by atoms with Gasteiger partial charge in [-0.2, -0.15) is 4.39 Å². The van der Waals surface area contributed by atoms with Crippen LogP contribution >= 0.6 is 23.2 Å². The second-order valence-corrected chi connectivity index (χ2v) is 6.16. The van der Waals surface area contributed by atoms with E-state index in [0.717, 1.165) is 6.07 Å². The molecule has 106 valence electrons. The summed E-state index contributed by atoms with van der Waals surface area (Å²) in [6.07, 6.45) is 0. The highest BCUT2D eigenvalue weighted by molar-refractivity contribution is 7.92.